The fourth-order valence-electron chi connectivity index (χ4n) is 3.45. The highest BCUT2D eigenvalue weighted by molar-refractivity contribution is 5.94. The number of nitriles is 1. The summed E-state index contributed by atoms with van der Waals surface area (Å²) in [6, 6.07) is 15.7. The predicted molar refractivity (Wildman–Crippen MR) is 126 cm³/mol. The number of anilines is 4. The normalized spacial score (nSPS) is 13.7. The van der Waals surface area contributed by atoms with Crippen LogP contribution in [0.1, 0.15) is 10.4 Å². The number of nitrogens with one attached hydrogen (secondary N) is 2. The van der Waals surface area contributed by atoms with Crippen LogP contribution in [0, 0.1) is 17.1 Å². The van der Waals surface area contributed by atoms with Crippen molar-refractivity contribution in [2.45, 2.75) is 0 Å². The summed E-state index contributed by atoms with van der Waals surface area (Å²) in [6.07, 6.45) is 1.07. The van der Waals surface area contributed by atoms with Gasteiger partial charge in [-0.15, -0.1) is 0 Å². The Kier molecular flexibility index (Phi) is 7.15. The van der Waals surface area contributed by atoms with Crippen molar-refractivity contribution in [1.29, 1.82) is 5.26 Å². The van der Waals surface area contributed by atoms with Crippen molar-refractivity contribution in [3.8, 4) is 11.8 Å². The lowest BCUT2D eigenvalue weighted by Crippen LogP contribution is -2.47. The van der Waals surface area contributed by atoms with E-state index in [0.29, 0.717) is 35.8 Å². The van der Waals surface area contributed by atoms with Gasteiger partial charge in [0.25, 0.3) is 5.91 Å². The van der Waals surface area contributed by atoms with E-state index in [2.05, 4.69) is 25.5 Å². The molecule has 0 atom stereocenters. The van der Waals surface area contributed by atoms with E-state index in [0.717, 1.165) is 19.3 Å². The number of nitrogens with zero attached hydrogens (tertiary/aromatic N) is 5. The van der Waals surface area contributed by atoms with Crippen molar-refractivity contribution in [3.05, 3.63) is 66.1 Å². The monoisotopic (exact) mass is 461 g/mol. The number of rotatable bonds is 7. The molecule has 1 aliphatic rings. The molecule has 2 aromatic carbocycles. The fourth-order valence-corrected chi connectivity index (χ4v) is 3.45. The second-order valence-corrected chi connectivity index (χ2v) is 7.79. The summed E-state index contributed by atoms with van der Waals surface area (Å²) in [5.41, 5.74) is 1.82. The van der Waals surface area contributed by atoms with E-state index in [-0.39, 0.29) is 24.3 Å². The first kappa shape index (κ1) is 22.9. The molecule has 1 aliphatic heterocycles. The quantitative estimate of drug-likeness (QED) is 0.552. The molecule has 34 heavy (non-hydrogen) atoms. The molecule has 1 amide bonds. The number of likely N-dealkylation sites (N-methyl/N-ethyl adjacent to an activating group) is 1. The van der Waals surface area contributed by atoms with Gasteiger partial charge in [0, 0.05) is 49.2 Å². The molecular weight excluding hydrogens is 437 g/mol. The number of carbonyl (C=O) groups excluding carboxylic acids is 1. The van der Waals surface area contributed by atoms with Gasteiger partial charge < -0.3 is 25.2 Å². The van der Waals surface area contributed by atoms with Gasteiger partial charge in [-0.2, -0.15) is 10.2 Å². The number of benzene rings is 2. The van der Waals surface area contributed by atoms with Crippen LogP contribution < -0.4 is 15.4 Å². The largest absolute Gasteiger partial charge is 0.479 e. The number of hydrogen-bond acceptors (Lipinski definition) is 8. The molecule has 2 N–H and O–H groups in total. The summed E-state index contributed by atoms with van der Waals surface area (Å²) in [6.45, 7) is 3.06. The van der Waals surface area contributed by atoms with Crippen LogP contribution in [0.25, 0.3) is 0 Å². The summed E-state index contributed by atoms with van der Waals surface area (Å²) >= 11 is 0. The van der Waals surface area contributed by atoms with Gasteiger partial charge >= 0.3 is 0 Å². The number of amides is 1. The fraction of sp³-hybridized carbons (Fsp3) is 0.250. The molecule has 0 bridgehead atoms. The van der Waals surface area contributed by atoms with Gasteiger partial charge in [0.2, 0.25) is 5.95 Å². The van der Waals surface area contributed by atoms with Gasteiger partial charge in [0.05, 0.1) is 6.20 Å². The van der Waals surface area contributed by atoms with E-state index in [4.69, 9.17) is 10.00 Å². The molecular formula is C24H24FN7O2. The Hall–Kier alpha value is -4.23. The first-order valence-electron chi connectivity index (χ1n) is 10.8. The lowest BCUT2D eigenvalue weighted by Gasteiger charge is -2.32. The molecule has 0 saturated carbocycles. The number of hydrogen-bond donors (Lipinski definition) is 2. The molecule has 0 unspecified atom stereocenters. The Balaban J connectivity index is 1.42. The lowest BCUT2D eigenvalue weighted by molar-refractivity contribution is 0.0664. The summed E-state index contributed by atoms with van der Waals surface area (Å²) in [5.74, 6) is 0.0356. The molecule has 1 fully saturated rings. The second-order valence-electron chi connectivity index (χ2n) is 7.79. The van der Waals surface area contributed by atoms with Crippen LogP contribution in [0.15, 0.2) is 54.7 Å². The van der Waals surface area contributed by atoms with Crippen molar-refractivity contribution in [2.75, 3.05) is 50.5 Å². The maximum atomic E-state index is 14.3. The highest BCUT2D eigenvalue weighted by Crippen LogP contribution is 2.24. The van der Waals surface area contributed by atoms with Crippen LogP contribution in [0.4, 0.5) is 27.5 Å². The molecule has 4 rings (SSSR count). The Morgan fingerprint density at radius 3 is 2.62 bits per heavy atom. The zero-order chi connectivity index (χ0) is 23.9. The van der Waals surface area contributed by atoms with Crippen molar-refractivity contribution in [3.63, 3.8) is 0 Å². The van der Waals surface area contributed by atoms with Gasteiger partial charge in [-0.3, -0.25) is 4.79 Å². The first-order valence-corrected chi connectivity index (χ1v) is 10.8. The third-order valence-corrected chi connectivity index (χ3v) is 5.32. The average Bonchev–Trinajstić information content (AvgIpc) is 2.85. The van der Waals surface area contributed by atoms with Crippen molar-refractivity contribution in [2.24, 2.45) is 0 Å². The number of ether oxygens (including phenoxy) is 1. The zero-order valence-electron chi connectivity index (χ0n) is 18.7. The van der Waals surface area contributed by atoms with E-state index < -0.39 is 5.82 Å². The summed E-state index contributed by atoms with van der Waals surface area (Å²) in [4.78, 5) is 25.0. The molecule has 0 aliphatic carbocycles. The number of aromatic nitrogens is 2. The van der Waals surface area contributed by atoms with Crippen LogP contribution in [-0.2, 0) is 0 Å². The molecule has 2 heterocycles. The van der Waals surface area contributed by atoms with Gasteiger partial charge in [0.15, 0.2) is 18.2 Å². The summed E-state index contributed by atoms with van der Waals surface area (Å²) in [7, 11) is 2.04. The third-order valence-electron chi connectivity index (χ3n) is 5.32. The van der Waals surface area contributed by atoms with Crippen LogP contribution in [0.5, 0.6) is 5.75 Å². The third kappa shape index (κ3) is 5.76. The van der Waals surface area contributed by atoms with Gasteiger partial charge in [-0.1, -0.05) is 6.07 Å². The van der Waals surface area contributed by atoms with Crippen molar-refractivity contribution >= 4 is 29.0 Å². The molecule has 9 nitrogen and oxygen atoms in total. The Morgan fingerprint density at radius 1 is 1.12 bits per heavy atom. The first-order chi connectivity index (χ1) is 16.5. The molecule has 0 spiro atoms. The van der Waals surface area contributed by atoms with Crippen molar-refractivity contribution in [1.82, 2.24) is 19.8 Å². The van der Waals surface area contributed by atoms with Gasteiger partial charge in [-0.25, -0.2) is 9.37 Å². The van der Waals surface area contributed by atoms with Crippen LogP contribution in [0.3, 0.4) is 0 Å². The number of carbonyl (C=O) groups is 1. The standard InChI is InChI=1S/C24H24FN7O2/c1-31-10-12-32(13-11-31)23(33)17-5-7-18(8-6-17)29-24-27-16-21(25)22(30-24)28-19-3-2-4-20(15-19)34-14-9-26/h2-8,15-16H,10-14H2,1H3,(H2,27,28,29,30). The minimum atomic E-state index is -0.623. The summed E-state index contributed by atoms with van der Waals surface area (Å²) in [5, 5.41) is 14.6. The van der Waals surface area contributed by atoms with E-state index in [1.807, 2.05) is 18.0 Å². The number of halogens is 1. The van der Waals surface area contributed by atoms with Crippen LogP contribution >= 0.6 is 0 Å². The number of piperazine rings is 1. The van der Waals surface area contributed by atoms with Gasteiger partial charge in [-0.05, 0) is 43.4 Å². The van der Waals surface area contributed by atoms with E-state index in [9.17, 15) is 9.18 Å². The molecule has 0 radical (unpaired) electrons. The Labute approximate surface area is 196 Å². The maximum absolute atomic E-state index is 14.3. The predicted octanol–water partition coefficient (Wildman–Crippen LogP) is 3.39. The molecule has 1 aromatic heterocycles. The zero-order valence-corrected chi connectivity index (χ0v) is 18.7. The Bertz CT molecular complexity index is 1190. The molecule has 174 valence electrons. The van der Waals surface area contributed by atoms with E-state index >= 15 is 0 Å². The second kappa shape index (κ2) is 10.6. The van der Waals surface area contributed by atoms with E-state index in [1.54, 1.807) is 48.5 Å². The topological polar surface area (TPSA) is 106 Å². The smallest absolute Gasteiger partial charge is 0.253 e. The highest BCUT2D eigenvalue weighted by Gasteiger charge is 2.20. The van der Waals surface area contributed by atoms with Gasteiger partial charge in [0.1, 0.15) is 11.8 Å². The maximum Gasteiger partial charge on any atom is 0.253 e. The highest BCUT2D eigenvalue weighted by atomic mass is 19.1. The molecule has 10 heteroatoms. The average molecular weight is 462 g/mol. The SMILES string of the molecule is CN1CCN(C(=O)c2ccc(Nc3ncc(F)c(Nc4cccc(OCC#N)c4)n3)cc2)CC1. The van der Waals surface area contributed by atoms with E-state index in [1.165, 1.54) is 0 Å². The van der Waals surface area contributed by atoms with Crippen LogP contribution in [-0.4, -0.2) is 65.5 Å². The summed E-state index contributed by atoms with van der Waals surface area (Å²) < 4.78 is 19.6. The van der Waals surface area contributed by atoms with Crippen LogP contribution in [0.2, 0.25) is 0 Å². The molecule has 1 saturated heterocycles. The molecule has 3 aromatic rings. The Morgan fingerprint density at radius 2 is 1.88 bits per heavy atom. The lowest BCUT2D eigenvalue weighted by atomic mass is 10.1. The van der Waals surface area contributed by atoms with Crippen molar-refractivity contribution < 1.29 is 13.9 Å². The minimum absolute atomic E-state index is 0.00477. The minimum Gasteiger partial charge on any atom is -0.479 e.